The van der Waals surface area contributed by atoms with Crippen LogP contribution in [0.15, 0.2) is 24.3 Å². The Bertz CT molecular complexity index is 1160. The molecule has 0 aromatic heterocycles. The van der Waals surface area contributed by atoms with Crippen LogP contribution in [0.3, 0.4) is 0 Å². The van der Waals surface area contributed by atoms with Crippen molar-refractivity contribution in [3.05, 3.63) is 35.4 Å². The Morgan fingerprint density at radius 2 is 1.42 bits per heavy atom. The van der Waals surface area contributed by atoms with E-state index < -0.39 is 42.3 Å². The van der Waals surface area contributed by atoms with Gasteiger partial charge in [0, 0.05) is 43.6 Å². The van der Waals surface area contributed by atoms with Gasteiger partial charge in [-0.2, -0.15) is 11.8 Å². The summed E-state index contributed by atoms with van der Waals surface area (Å²) in [6, 6.07) is 5.08. The zero-order valence-corrected chi connectivity index (χ0v) is 29.9. The third kappa shape index (κ3) is 19.2. The number of ketones is 1. The van der Waals surface area contributed by atoms with Crippen LogP contribution < -0.4 is 31.9 Å². The van der Waals surface area contributed by atoms with Gasteiger partial charge < -0.3 is 37.0 Å². The number of carboxylic acids is 1. The van der Waals surface area contributed by atoms with Crippen molar-refractivity contribution >= 4 is 47.3 Å². The molecule has 0 bridgehead atoms. The number of amides is 5. The van der Waals surface area contributed by atoms with Gasteiger partial charge in [0.1, 0.15) is 17.9 Å². The minimum Gasteiger partial charge on any atom is -0.480 e. The van der Waals surface area contributed by atoms with Crippen molar-refractivity contribution in [2.75, 3.05) is 31.6 Å². The first kappa shape index (κ1) is 42.4. The summed E-state index contributed by atoms with van der Waals surface area (Å²) < 4.78 is 0. The van der Waals surface area contributed by atoms with E-state index in [9.17, 15) is 33.9 Å². The van der Waals surface area contributed by atoms with E-state index >= 15 is 0 Å². The van der Waals surface area contributed by atoms with Gasteiger partial charge in [-0.1, -0.05) is 46.2 Å². The van der Waals surface area contributed by atoms with Gasteiger partial charge in [0.15, 0.2) is 0 Å². The van der Waals surface area contributed by atoms with Crippen molar-refractivity contribution in [3.63, 3.8) is 0 Å². The standard InChI is InChI=1S/C34H56N6O7S/c1-23(2)29(41)12-7-6-9-18-35-34(47)36-19-10-8-11-28(33(45)46)39-30(42)22-38-32(44)27(17-20-48-5)40-31(43)26-15-13-25(14-16-26)21-37-24(3)4/h13-16,23-24,27-28,37H,6-12,17-22H2,1-5H3,(H,38,44)(H,39,42)(H,40,43)(H,45,46)(H2,35,36,47). The lowest BCUT2D eigenvalue weighted by atomic mass is 10.0. The number of carbonyl (C=O) groups is 6. The maximum Gasteiger partial charge on any atom is 0.326 e. The van der Waals surface area contributed by atoms with Gasteiger partial charge in [0.05, 0.1) is 6.54 Å². The van der Waals surface area contributed by atoms with E-state index in [2.05, 4.69) is 31.9 Å². The largest absolute Gasteiger partial charge is 0.480 e. The van der Waals surface area contributed by atoms with Crippen LogP contribution in [0.2, 0.25) is 0 Å². The molecular formula is C34H56N6O7S. The molecule has 0 aliphatic heterocycles. The predicted molar refractivity (Wildman–Crippen MR) is 189 cm³/mol. The maximum absolute atomic E-state index is 12.9. The van der Waals surface area contributed by atoms with E-state index in [1.165, 1.54) is 11.8 Å². The molecule has 2 unspecified atom stereocenters. The number of thioether (sulfide) groups is 1. The number of benzene rings is 1. The molecule has 7 N–H and O–H groups in total. The van der Waals surface area contributed by atoms with Crippen LogP contribution in [0.25, 0.3) is 0 Å². The van der Waals surface area contributed by atoms with Gasteiger partial charge in [-0.25, -0.2) is 9.59 Å². The Morgan fingerprint density at radius 1 is 0.771 bits per heavy atom. The Labute approximate surface area is 289 Å². The molecule has 14 heteroatoms. The van der Waals surface area contributed by atoms with Crippen molar-refractivity contribution in [1.82, 2.24) is 31.9 Å². The summed E-state index contributed by atoms with van der Waals surface area (Å²) in [5.74, 6) is -1.92. The van der Waals surface area contributed by atoms with E-state index in [1.807, 2.05) is 46.1 Å². The van der Waals surface area contributed by atoms with E-state index in [0.29, 0.717) is 62.7 Å². The Morgan fingerprint density at radius 3 is 2.00 bits per heavy atom. The smallest absolute Gasteiger partial charge is 0.326 e. The number of urea groups is 1. The third-order valence-electron chi connectivity index (χ3n) is 7.45. The quantitative estimate of drug-likeness (QED) is 0.0754. The summed E-state index contributed by atoms with van der Waals surface area (Å²) in [6.45, 7) is 8.94. The lowest BCUT2D eigenvalue weighted by Crippen LogP contribution is -2.51. The van der Waals surface area contributed by atoms with Gasteiger partial charge in [0.25, 0.3) is 5.91 Å². The first-order valence-electron chi connectivity index (χ1n) is 16.8. The van der Waals surface area contributed by atoms with Crippen LogP contribution >= 0.6 is 11.8 Å². The maximum atomic E-state index is 12.9. The van der Waals surface area contributed by atoms with E-state index in [1.54, 1.807) is 12.1 Å². The van der Waals surface area contributed by atoms with Crippen molar-refractivity contribution in [2.24, 2.45) is 5.92 Å². The number of Topliss-reactive ketones (excluding diaryl/α,β-unsaturated/α-hetero) is 1. The summed E-state index contributed by atoms with van der Waals surface area (Å²) >= 11 is 1.52. The minimum atomic E-state index is -1.20. The Balaban J connectivity index is 2.42. The fourth-order valence-corrected chi connectivity index (χ4v) is 4.94. The molecule has 0 aliphatic rings. The van der Waals surface area contributed by atoms with Gasteiger partial charge in [-0.15, -0.1) is 0 Å². The summed E-state index contributed by atoms with van der Waals surface area (Å²) in [5, 5.41) is 26.0. The van der Waals surface area contributed by atoms with Crippen molar-refractivity contribution in [2.45, 2.75) is 104 Å². The second-order valence-electron chi connectivity index (χ2n) is 12.3. The SMILES string of the molecule is CSCCC(NC(=O)c1ccc(CNC(C)C)cc1)C(=O)NCC(=O)NC(CCCCNC(=O)NCCCCCC(=O)C(C)C)C(=O)O. The van der Waals surface area contributed by atoms with E-state index in [0.717, 1.165) is 24.8 Å². The number of nitrogens with one attached hydrogen (secondary N) is 6. The second kappa shape index (κ2) is 24.5. The number of carboxylic acid groups (broad SMARTS) is 1. The van der Waals surface area contributed by atoms with Gasteiger partial charge in [0.2, 0.25) is 11.8 Å². The molecule has 0 fully saturated rings. The van der Waals surface area contributed by atoms with E-state index in [4.69, 9.17) is 0 Å². The molecular weight excluding hydrogens is 636 g/mol. The van der Waals surface area contributed by atoms with Crippen molar-refractivity contribution in [1.29, 1.82) is 0 Å². The highest BCUT2D eigenvalue weighted by Gasteiger charge is 2.24. The highest BCUT2D eigenvalue weighted by molar-refractivity contribution is 7.98. The molecule has 0 heterocycles. The number of rotatable bonds is 25. The Kier molecular flexibility index (Phi) is 21.6. The topological polar surface area (TPSA) is 195 Å². The number of hydrogen-bond donors (Lipinski definition) is 7. The molecule has 0 saturated carbocycles. The van der Waals surface area contributed by atoms with Gasteiger partial charge in [-0.05, 0) is 68.2 Å². The van der Waals surface area contributed by atoms with Crippen LogP contribution in [0, 0.1) is 5.92 Å². The highest BCUT2D eigenvalue weighted by Crippen LogP contribution is 2.08. The van der Waals surface area contributed by atoms with Crippen LogP contribution in [0.1, 0.15) is 95.0 Å². The molecule has 0 spiro atoms. The normalized spacial score (nSPS) is 12.2. The fraction of sp³-hybridized carbons (Fsp3) is 0.647. The molecule has 5 amide bonds. The molecule has 270 valence electrons. The fourth-order valence-electron chi connectivity index (χ4n) is 4.46. The van der Waals surface area contributed by atoms with Crippen LogP contribution in [-0.2, 0) is 25.7 Å². The number of hydrogen-bond acceptors (Lipinski definition) is 8. The minimum absolute atomic E-state index is 0.0471. The molecule has 0 aliphatic carbocycles. The zero-order valence-electron chi connectivity index (χ0n) is 29.1. The lowest BCUT2D eigenvalue weighted by molar-refractivity contribution is -0.142. The third-order valence-corrected chi connectivity index (χ3v) is 8.10. The number of unbranched alkanes of at least 4 members (excludes halogenated alkanes) is 3. The van der Waals surface area contributed by atoms with Gasteiger partial charge in [-0.3, -0.25) is 19.2 Å². The Hall–Kier alpha value is -3.65. The van der Waals surface area contributed by atoms with Gasteiger partial charge >= 0.3 is 12.0 Å². The second-order valence-corrected chi connectivity index (χ2v) is 13.3. The summed E-state index contributed by atoms with van der Waals surface area (Å²) in [4.78, 5) is 73.6. The van der Waals surface area contributed by atoms with Crippen LogP contribution in [0.4, 0.5) is 4.79 Å². The zero-order chi connectivity index (χ0) is 35.9. The summed E-state index contributed by atoms with van der Waals surface area (Å²) in [5.41, 5.74) is 1.43. The molecule has 1 aromatic rings. The van der Waals surface area contributed by atoms with E-state index in [-0.39, 0.29) is 24.2 Å². The molecule has 1 rings (SSSR count). The van der Waals surface area contributed by atoms with Crippen LogP contribution in [-0.4, -0.2) is 90.4 Å². The summed E-state index contributed by atoms with van der Waals surface area (Å²) in [6.07, 6.45) is 6.31. The molecule has 1 aromatic carbocycles. The first-order chi connectivity index (χ1) is 22.8. The predicted octanol–water partition coefficient (Wildman–Crippen LogP) is 2.98. The van der Waals surface area contributed by atoms with Crippen molar-refractivity contribution in [3.8, 4) is 0 Å². The highest BCUT2D eigenvalue weighted by atomic mass is 32.2. The molecule has 0 radical (unpaired) electrons. The average Bonchev–Trinajstić information content (AvgIpc) is 3.05. The molecule has 48 heavy (non-hydrogen) atoms. The lowest BCUT2D eigenvalue weighted by Gasteiger charge is -2.19. The monoisotopic (exact) mass is 692 g/mol. The molecule has 13 nitrogen and oxygen atoms in total. The average molecular weight is 693 g/mol. The summed E-state index contributed by atoms with van der Waals surface area (Å²) in [7, 11) is 0. The number of carbonyl (C=O) groups excluding carboxylic acids is 5. The first-order valence-corrected chi connectivity index (χ1v) is 18.2. The molecule has 0 saturated heterocycles. The van der Waals surface area contributed by atoms with Crippen LogP contribution in [0.5, 0.6) is 0 Å². The number of aliphatic carboxylic acids is 1. The van der Waals surface area contributed by atoms with Crippen molar-refractivity contribution < 1.29 is 33.9 Å². The molecule has 2 atom stereocenters.